The molecule has 0 spiro atoms. The van der Waals surface area contributed by atoms with E-state index in [2.05, 4.69) is 5.10 Å². The third kappa shape index (κ3) is 3.61. The first-order valence-electron chi connectivity index (χ1n) is 7.75. The fourth-order valence-electron chi connectivity index (χ4n) is 2.50. The molecule has 0 aliphatic heterocycles. The van der Waals surface area contributed by atoms with Crippen molar-refractivity contribution in [3.63, 3.8) is 0 Å². The predicted octanol–water partition coefficient (Wildman–Crippen LogP) is 3.66. The molecule has 0 fully saturated rings. The Morgan fingerprint density at radius 1 is 0.920 bits per heavy atom. The van der Waals surface area contributed by atoms with E-state index in [-0.39, 0.29) is 0 Å². The number of rotatable bonds is 6. The second-order valence-corrected chi connectivity index (χ2v) is 5.29. The first kappa shape index (κ1) is 16.5. The van der Waals surface area contributed by atoms with Gasteiger partial charge in [0.25, 0.3) is 0 Å². The molecule has 0 saturated heterocycles. The molecule has 5 heteroatoms. The Morgan fingerprint density at radius 2 is 1.52 bits per heavy atom. The van der Waals surface area contributed by atoms with Gasteiger partial charge in [0.05, 0.1) is 25.6 Å². The Bertz CT molecular complexity index is 878. The van der Waals surface area contributed by atoms with Crippen LogP contribution in [0, 0.1) is 0 Å². The van der Waals surface area contributed by atoms with Crippen molar-refractivity contribution < 1.29 is 14.3 Å². The van der Waals surface area contributed by atoms with Crippen molar-refractivity contribution in [2.45, 2.75) is 0 Å². The number of hydrogen-bond acceptors (Lipinski definition) is 4. The molecule has 1 heterocycles. The predicted molar refractivity (Wildman–Crippen MR) is 96.6 cm³/mol. The highest BCUT2D eigenvalue weighted by Crippen LogP contribution is 2.24. The molecule has 0 saturated carbocycles. The molecule has 0 N–H and O–H groups in total. The Labute approximate surface area is 146 Å². The first-order chi connectivity index (χ1) is 12.2. The fourth-order valence-corrected chi connectivity index (χ4v) is 2.50. The number of carbonyl (C=O) groups excluding carboxylic acids is 1. The zero-order valence-electron chi connectivity index (χ0n) is 14.0. The van der Waals surface area contributed by atoms with Crippen LogP contribution in [-0.2, 0) is 4.79 Å². The van der Waals surface area contributed by atoms with Crippen LogP contribution in [-0.4, -0.2) is 30.3 Å². The molecule has 0 radical (unpaired) electrons. The lowest BCUT2D eigenvalue weighted by atomic mass is 10.1. The summed E-state index contributed by atoms with van der Waals surface area (Å²) in [7, 11) is 3.25. The molecular formula is C20H18N2O3. The molecule has 25 heavy (non-hydrogen) atoms. The Balaban J connectivity index is 1.93. The van der Waals surface area contributed by atoms with Gasteiger partial charge in [0.1, 0.15) is 17.8 Å². The van der Waals surface area contributed by atoms with Crippen molar-refractivity contribution in [2.75, 3.05) is 14.2 Å². The maximum absolute atomic E-state index is 11.1. The summed E-state index contributed by atoms with van der Waals surface area (Å²) in [5.74, 6) is 1.55. The van der Waals surface area contributed by atoms with Gasteiger partial charge in [-0.15, -0.1) is 0 Å². The van der Waals surface area contributed by atoms with Crippen LogP contribution in [0.4, 0.5) is 0 Å². The smallest absolute Gasteiger partial charge is 0.145 e. The zero-order chi connectivity index (χ0) is 17.6. The summed E-state index contributed by atoms with van der Waals surface area (Å²) in [6.07, 6.45) is 4.08. The Kier molecular flexibility index (Phi) is 4.95. The number of aldehydes is 1. The number of hydrogen-bond donors (Lipinski definition) is 0. The molecule has 126 valence electrons. The summed E-state index contributed by atoms with van der Waals surface area (Å²) in [6.45, 7) is 0. The van der Waals surface area contributed by atoms with Crippen molar-refractivity contribution >= 4 is 12.0 Å². The van der Waals surface area contributed by atoms with Crippen molar-refractivity contribution in [2.24, 2.45) is 0 Å². The summed E-state index contributed by atoms with van der Waals surface area (Å²) in [4.78, 5) is 11.1. The summed E-state index contributed by atoms with van der Waals surface area (Å²) in [6, 6.07) is 17.1. The second-order valence-electron chi connectivity index (χ2n) is 5.29. The lowest BCUT2D eigenvalue weighted by molar-refractivity contribution is -0.104. The van der Waals surface area contributed by atoms with Gasteiger partial charge in [-0.2, -0.15) is 5.10 Å². The maximum atomic E-state index is 11.1. The molecule has 0 unspecified atom stereocenters. The molecule has 2 aromatic carbocycles. The molecule has 1 aromatic heterocycles. The SMILES string of the molecule is COc1ccc(/C(=C\C=O)n2ccc(-c3ccc(OC)cc3)n2)cc1. The van der Waals surface area contributed by atoms with Crippen LogP contribution in [0.2, 0.25) is 0 Å². The van der Waals surface area contributed by atoms with Crippen molar-refractivity contribution in [3.8, 4) is 22.8 Å². The van der Waals surface area contributed by atoms with E-state index in [1.807, 2.05) is 60.8 Å². The summed E-state index contributed by atoms with van der Waals surface area (Å²) < 4.78 is 12.0. The number of benzene rings is 2. The number of methoxy groups -OCH3 is 2. The molecule has 5 nitrogen and oxygen atoms in total. The number of ether oxygens (including phenoxy) is 2. The number of aromatic nitrogens is 2. The molecule has 3 aromatic rings. The van der Waals surface area contributed by atoms with E-state index in [9.17, 15) is 4.79 Å². The molecular weight excluding hydrogens is 316 g/mol. The van der Waals surface area contributed by atoms with Gasteiger partial charge in [-0.3, -0.25) is 4.79 Å². The lowest BCUT2D eigenvalue weighted by Gasteiger charge is -2.08. The third-order valence-electron chi connectivity index (χ3n) is 3.83. The van der Waals surface area contributed by atoms with Gasteiger partial charge >= 0.3 is 0 Å². The molecule has 0 bridgehead atoms. The Morgan fingerprint density at radius 3 is 2.08 bits per heavy atom. The number of carbonyl (C=O) groups is 1. The monoisotopic (exact) mass is 334 g/mol. The summed E-state index contributed by atoms with van der Waals surface area (Å²) in [5.41, 5.74) is 3.35. The van der Waals surface area contributed by atoms with E-state index in [1.54, 1.807) is 18.9 Å². The van der Waals surface area contributed by atoms with E-state index in [0.29, 0.717) is 5.70 Å². The molecule has 3 rings (SSSR count). The van der Waals surface area contributed by atoms with Crippen molar-refractivity contribution in [1.82, 2.24) is 9.78 Å². The average molecular weight is 334 g/mol. The van der Waals surface area contributed by atoms with Crippen LogP contribution in [0.15, 0.2) is 66.9 Å². The highest BCUT2D eigenvalue weighted by molar-refractivity contribution is 5.81. The van der Waals surface area contributed by atoms with Crippen LogP contribution in [0.1, 0.15) is 5.56 Å². The quantitative estimate of drug-likeness (QED) is 0.510. The molecule has 0 amide bonds. The van der Waals surface area contributed by atoms with Crippen LogP contribution in [0.5, 0.6) is 11.5 Å². The van der Waals surface area contributed by atoms with E-state index in [4.69, 9.17) is 9.47 Å². The third-order valence-corrected chi connectivity index (χ3v) is 3.83. The van der Waals surface area contributed by atoms with Crippen LogP contribution < -0.4 is 9.47 Å². The fraction of sp³-hybridized carbons (Fsp3) is 0.100. The first-order valence-corrected chi connectivity index (χ1v) is 7.75. The zero-order valence-corrected chi connectivity index (χ0v) is 14.0. The van der Waals surface area contributed by atoms with Gasteiger partial charge in [-0.1, -0.05) is 0 Å². The number of allylic oxidation sites excluding steroid dienone is 1. The lowest BCUT2D eigenvalue weighted by Crippen LogP contribution is -2.00. The standard InChI is InChI=1S/C20H18N2O3/c1-24-17-7-3-15(4-8-17)19-11-13-22(21-19)20(12-14-23)16-5-9-18(25-2)10-6-16/h3-14H,1-2H3/b20-12+. The minimum Gasteiger partial charge on any atom is -0.497 e. The topological polar surface area (TPSA) is 53.4 Å². The van der Waals surface area contributed by atoms with E-state index in [1.165, 1.54) is 6.08 Å². The van der Waals surface area contributed by atoms with Gasteiger partial charge in [0, 0.05) is 23.4 Å². The summed E-state index contributed by atoms with van der Waals surface area (Å²) in [5, 5.41) is 4.59. The highest BCUT2D eigenvalue weighted by atomic mass is 16.5. The van der Waals surface area contributed by atoms with Crippen LogP contribution >= 0.6 is 0 Å². The maximum Gasteiger partial charge on any atom is 0.145 e. The number of nitrogens with zero attached hydrogens (tertiary/aromatic N) is 2. The van der Waals surface area contributed by atoms with Gasteiger partial charge in [0.2, 0.25) is 0 Å². The van der Waals surface area contributed by atoms with E-state index < -0.39 is 0 Å². The highest BCUT2D eigenvalue weighted by Gasteiger charge is 2.09. The van der Waals surface area contributed by atoms with Crippen molar-refractivity contribution in [3.05, 3.63) is 72.4 Å². The normalized spacial score (nSPS) is 11.2. The molecule has 0 aliphatic rings. The largest absolute Gasteiger partial charge is 0.497 e. The van der Waals surface area contributed by atoms with Gasteiger partial charge in [0.15, 0.2) is 0 Å². The second kappa shape index (κ2) is 7.49. The molecule has 0 aliphatic carbocycles. The summed E-state index contributed by atoms with van der Waals surface area (Å²) >= 11 is 0. The van der Waals surface area contributed by atoms with Crippen molar-refractivity contribution in [1.29, 1.82) is 0 Å². The van der Waals surface area contributed by atoms with Gasteiger partial charge in [-0.05, 0) is 54.6 Å². The van der Waals surface area contributed by atoms with Gasteiger partial charge < -0.3 is 9.47 Å². The van der Waals surface area contributed by atoms with Crippen LogP contribution in [0.25, 0.3) is 17.0 Å². The average Bonchev–Trinajstić information content (AvgIpc) is 3.16. The van der Waals surface area contributed by atoms with E-state index in [0.717, 1.165) is 34.6 Å². The molecule has 0 atom stereocenters. The van der Waals surface area contributed by atoms with Gasteiger partial charge in [-0.25, -0.2) is 4.68 Å². The van der Waals surface area contributed by atoms with E-state index >= 15 is 0 Å². The minimum absolute atomic E-state index is 0.692. The van der Waals surface area contributed by atoms with Crippen LogP contribution in [0.3, 0.4) is 0 Å². The minimum atomic E-state index is 0.692. The Hall–Kier alpha value is -3.34.